The molecular formula is C13H16N2O3S. The summed E-state index contributed by atoms with van der Waals surface area (Å²) in [6.45, 7) is 0. The van der Waals surface area contributed by atoms with Crippen molar-refractivity contribution in [3.63, 3.8) is 0 Å². The molecule has 1 aromatic rings. The molecule has 2 rings (SSSR count). The Balaban J connectivity index is 1.99. The normalized spacial score (nSPS) is 21.6. The average Bonchev–Trinajstić information content (AvgIpc) is 2.76. The topological polar surface area (TPSA) is 67.3 Å². The van der Waals surface area contributed by atoms with E-state index in [-0.39, 0.29) is 23.5 Å². The summed E-state index contributed by atoms with van der Waals surface area (Å²) in [5, 5.41) is 0. The van der Waals surface area contributed by atoms with Crippen LogP contribution in [0.4, 0.5) is 0 Å². The van der Waals surface area contributed by atoms with Crippen LogP contribution < -0.4 is 0 Å². The van der Waals surface area contributed by atoms with Crippen molar-refractivity contribution in [1.82, 2.24) is 9.88 Å². The molecule has 1 aromatic heterocycles. The van der Waals surface area contributed by atoms with Crippen LogP contribution in [0, 0.1) is 0 Å². The van der Waals surface area contributed by atoms with E-state index in [9.17, 15) is 13.2 Å². The fraction of sp³-hybridized carbons (Fsp3) is 0.385. The number of nitrogens with zero attached hydrogens (tertiary/aromatic N) is 2. The Kier molecular flexibility index (Phi) is 3.99. The number of hydrogen-bond donors (Lipinski definition) is 0. The lowest BCUT2D eigenvalue weighted by molar-refractivity contribution is -0.126. The lowest BCUT2D eigenvalue weighted by Gasteiger charge is -2.21. The number of sulfone groups is 1. The largest absolute Gasteiger partial charge is 0.338 e. The van der Waals surface area contributed by atoms with Crippen molar-refractivity contribution >= 4 is 21.8 Å². The molecule has 0 aliphatic carbocycles. The van der Waals surface area contributed by atoms with E-state index in [0.717, 1.165) is 5.56 Å². The van der Waals surface area contributed by atoms with E-state index >= 15 is 0 Å². The molecule has 0 radical (unpaired) electrons. The molecule has 0 bridgehead atoms. The highest BCUT2D eigenvalue weighted by Gasteiger charge is 2.31. The zero-order valence-electron chi connectivity index (χ0n) is 10.7. The van der Waals surface area contributed by atoms with Crippen LogP contribution in [0.5, 0.6) is 0 Å². The first-order chi connectivity index (χ1) is 8.98. The molecule has 0 saturated carbocycles. The molecule has 1 unspecified atom stereocenters. The maximum atomic E-state index is 11.9. The van der Waals surface area contributed by atoms with Crippen LogP contribution in [-0.4, -0.2) is 48.8 Å². The minimum Gasteiger partial charge on any atom is -0.338 e. The third-order valence-electron chi connectivity index (χ3n) is 3.21. The number of rotatable bonds is 3. The maximum absolute atomic E-state index is 11.9. The maximum Gasteiger partial charge on any atom is 0.246 e. The number of likely N-dealkylation sites (N-methyl/N-ethyl adjacent to an activating group) is 1. The molecule has 1 atom stereocenters. The fourth-order valence-corrected chi connectivity index (χ4v) is 3.79. The minimum absolute atomic E-state index is 0.0654. The van der Waals surface area contributed by atoms with Crippen molar-refractivity contribution < 1.29 is 13.2 Å². The quantitative estimate of drug-likeness (QED) is 0.766. The molecule has 0 N–H and O–H groups in total. The Bertz CT molecular complexity index is 581. The SMILES string of the molecule is CN(C(=O)/C=C/c1cccnc1)C1CCS(=O)(=O)C1. The summed E-state index contributed by atoms with van der Waals surface area (Å²) in [7, 11) is -1.33. The molecule has 102 valence electrons. The van der Waals surface area contributed by atoms with E-state index < -0.39 is 9.84 Å². The summed E-state index contributed by atoms with van der Waals surface area (Å²) >= 11 is 0. The van der Waals surface area contributed by atoms with Crippen LogP contribution >= 0.6 is 0 Å². The molecule has 19 heavy (non-hydrogen) atoms. The number of amides is 1. The van der Waals surface area contributed by atoms with Gasteiger partial charge in [-0.15, -0.1) is 0 Å². The Hall–Kier alpha value is -1.69. The van der Waals surface area contributed by atoms with Crippen molar-refractivity contribution in [2.45, 2.75) is 12.5 Å². The summed E-state index contributed by atoms with van der Waals surface area (Å²) in [4.78, 5) is 17.4. The van der Waals surface area contributed by atoms with Gasteiger partial charge in [0.25, 0.3) is 0 Å². The van der Waals surface area contributed by atoms with Gasteiger partial charge in [-0.2, -0.15) is 0 Å². The van der Waals surface area contributed by atoms with Gasteiger partial charge in [-0.25, -0.2) is 8.42 Å². The molecule has 1 aliphatic rings. The van der Waals surface area contributed by atoms with Gasteiger partial charge >= 0.3 is 0 Å². The van der Waals surface area contributed by atoms with E-state index in [1.165, 1.54) is 11.0 Å². The van der Waals surface area contributed by atoms with E-state index in [4.69, 9.17) is 0 Å². The highest BCUT2D eigenvalue weighted by atomic mass is 32.2. The Labute approximate surface area is 112 Å². The summed E-state index contributed by atoms with van der Waals surface area (Å²) in [5.41, 5.74) is 0.836. The van der Waals surface area contributed by atoms with E-state index in [1.54, 1.807) is 31.6 Å². The zero-order chi connectivity index (χ0) is 13.9. The van der Waals surface area contributed by atoms with Gasteiger partial charge in [-0.1, -0.05) is 6.07 Å². The first kappa shape index (κ1) is 13.7. The van der Waals surface area contributed by atoms with Gasteiger partial charge < -0.3 is 4.90 Å². The van der Waals surface area contributed by atoms with Crippen molar-refractivity contribution in [3.8, 4) is 0 Å². The van der Waals surface area contributed by atoms with Crippen LogP contribution in [0.15, 0.2) is 30.6 Å². The molecule has 0 spiro atoms. The number of aromatic nitrogens is 1. The lowest BCUT2D eigenvalue weighted by Crippen LogP contribution is -2.36. The van der Waals surface area contributed by atoms with Gasteiger partial charge in [0.05, 0.1) is 11.5 Å². The van der Waals surface area contributed by atoms with Crippen molar-refractivity contribution in [2.75, 3.05) is 18.6 Å². The lowest BCUT2D eigenvalue weighted by atomic mass is 10.2. The van der Waals surface area contributed by atoms with E-state index in [2.05, 4.69) is 4.98 Å². The number of carbonyl (C=O) groups is 1. The Morgan fingerprint density at radius 3 is 2.89 bits per heavy atom. The number of pyridine rings is 1. The van der Waals surface area contributed by atoms with Gasteiger partial charge in [0.1, 0.15) is 0 Å². The minimum atomic E-state index is -2.97. The van der Waals surface area contributed by atoms with Gasteiger partial charge in [0, 0.05) is 31.6 Å². The highest BCUT2D eigenvalue weighted by molar-refractivity contribution is 7.91. The number of hydrogen-bond acceptors (Lipinski definition) is 4. The number of carbonyl (C=O) groups excluding carboxylic acids is 1. The second kappa shape index (κ2) is 5.52. The molecule has 1 aliphatic heterocycles. The summed E-state index contributed by atoms with van der Waals surface area (Å²) in [5.74, 6) is 0.0448. The fourth-order valence-electron chi connectivity index (χ4n) is 2.02. The van der Waals surface area contributed by atoms with Gasteiger partial charge in [0.15, 0.2) is 9.84 Å². The summed E-state index contributed by atoms with van der Waals surface area (Å²) in [6.07, 6.45) is 6.96. The van der Waals surface area contributed by atoms with Crippen LogP contribution in [0.2, 0.25) is 0 Å². The zero-order valence-corrected chi connectivity index (χ0v) is 11.5. The standard InChI is InChI=1S/C13H16N2O3S/c1-15(12-6-8-19(17,18)10-12)13(16)5-4-11-3-2-7-14-9-11/h2-5,7,9,12H,6,8,10H2,1H3/b5-4+. The molecule has 1 amide bonds. The first-order valence-corrected chi connectivity index (χ1v) is 7.85. The molecule has 0 aromatic carbocycles. The highest BCUT2D eigenvalue weighted by Crippen LogP contribution is 2.16. The predicted molar refractivity (Wildman–Crippen MR) is 73.1 cm³/mol. The Morgan fingerprint density at radius 1 is 1.53 bits per heavy atom. The third-order valence-corrected chi connectivity index (χ3v) is 4.96. The molecule has 1 saturated heterocycles. The molecule has 6 heteroatoms. The second-order valence-corrected chi connectivity index (χ2v) is 6.85. The molecule has 1 fully saturated rings. The third kappa shape index (κ3) is 3.64. The second-order valence-electron chi connectivity index (χ2n) is 4.63. The average molecular weight is 280 g/mol. The van der Waals surface area contributed by atoms with Gasteiger partial charge in [0.2, 0.25) is 5.91 Å². The van der Waals surface area contributed by atoms with Crippen molar-refractivity contribution in [3.05, 3.63) is 36.2 Å². The monoisotopic (exact) mass is 280 g/mol. The smallest absolute Gasteiger partial charge is 0.246 e. The molecule has 2 heterocycles. The van der Waals surface area contributed by atoms with Crippen LogP contribution in [0.1, 0.15) is 12.0 Å². The Morgan fingerprint density at radius 2 is 2.32 bits per heavy atom. The molecule has 5 nitrogen and oxygen atoms in total. The van der Waals surface area contributed by atoms with Crippen LogP contribution in [0.25, 0.3) is 6.08 Å². The summed E-state index contributed by atoms with van der Waals surface area (Å²) in [6, 6.07) is 3.42. The van der Waals surface area contributed by atoms with Crippen LogP contribution in [-0.2, 0) is 14.6 Å². The van der Waals surface area contributed by atoms with Crippen LogP contribution in [0.3, 0.4) is 0 Å². The van der Waals surface area contributed by atoms with Crippen molar-refractivity contribution in [2.24, 2.45) is 0 Å². The van der Waals surface area contributed by atoms with E-state index in [1.807, 2.05) is 6.07 Å². The summed E-state index contributed by atoms with van der Waals surface area (Å²) < 4.78 is 22.8. The van der Waals surface area contributed by atoms with Gasteiger partial charge in [-0.3, -0.25) is 9.78 Å². The predicted octanol–water partition coefficient (Wildman–Crippen LogP) is 0.740. The molecular weight excluding hydrogens is 264 g/mol. The van der Waals surface area contributed by atoms with Gasteiger partial charge in [-0.05, 0) is 24.1 Å². The van der Waals surface area contributed by atoms with Crippen molar-refractivity contribution in [1.29, 1.82) is 0 Å². The first-order valence-electron chi connectivity index (χ1n) is 6.03. The van der Waals surface area contributed by atoms with E-state index in [0.29, 0.717) is 6.42 Å².